The zero-order chi connectivity index (χ0) is 24.4. The molecule has 6 rings (SSSR count). The van der Waals surface area contributed by atoms with Crippen LogP contribution >= 0.6 is 11.3 Å². The first-order valence-corrected chi connectivity index (χ1v) is 12.6. The Bertz CT molecular complexity index is 1730. The molecule has 0 aliphatic rings. The van der Waals surface area contributed by atoms with Crippen LogP contribution in [0.5, 0.6) is 0 Å². The van der Waals surface area contributed by atoms with Crippen molar-refractivity contribution in [2.24, 2.45) is 0 Å². The summed E-state index contributed by atoms with van der Waals surface area (Å²) < 4.78 is 13.6. The summed E-state index contributed by atoms with van der Waals surface area (Å²) >= 11 is 1.68. The summed E-state index contributed by atoms with van der Waals surface area (Å²) in [4.78, 5) is 4.97. The lowest BCUT2D eigenvalue weighted by molar-refractivity contribution is -0.0893. The van der Waals surface area contributed by atoms with Crippen LogP contribution < -0.4 is 5.46 Å². The van der Waals surface area contributed by atoms with E-state index in [0.717, 1.165) is 48.2 Å². The van der Waals surface area contributed by atoms with Crippen molar-refractivity contribution in [3.05, 3.63) is 72.8 Å². The molecule has 0 radical (unpaired) electrons. The van der Waals surface area contributed by atoms with Gasteiger partial charge in [-0.25, -0.2) is 4.98 Å². The second kappa shape index (κ2) is 7.92. The van der Waals surface area contributed by atoms with Gasteiger partial charge in [0.1, 0.15) is 16.2 Å². The highest BCUT2D eigenvalue weighted by atomic mass is 32.1. The van der Waals surface area contributed by atoms with Crippen LogP contribution in [0.4, 0.5) is 0 Å². The number of furan rings is 1. The first kappa shape index (κ1) is 22.3. The highest BCUT2D eigenvalue weighted by Gasteiger charge is 2.36. The zero-order valence-corrected chi connectivity index (χ0v) is 21.1. The van der Waals surface area contributed by atoms with Crippen molar-refractivity contribution in [1.29, 1.82) is 0 Å². The van der Waals surface area contributed by atoms with Gasteiger partial charge in [-0.3, -0.25) is 0 Å². The number of rotatable bonds is 5. The van der Waals surface area contributed by atoms with Crippen molar-refractivity contribution < 1.29 is 14.2 Å². The van der Waals surface area contributed by atoms with Gasteiger partial charge >= 0.3 is 7.48 Å². The predicted molar refractivity (Wildman–Crippen MR) is 148 cm³/mol. The molecule has 4 aromatic carbocycles. The monoisotopic (exact) mass is 479 g/mol. The Hall–Kier alpha value is -3.19. The number of fused-ring (bicyclic) bond motifs is 5. The lowest BCUT2D eigenvalue weighted by atomic mass is 9.82. The minimum atomic E-state index is -0.965. The summed E-state index contributed by atoms with van der Waals surface area (Å²) in [6.45, 7) is 7.33. The molecule has 0 fully saturated rings. The number of nitrogens with zero attached hydrogens (tertiary/aromatic N) is 1. The van der Waals surface area contributed by atoms with Crippen LogP contribution in [0.15, 0.2) is 77.2 Å². The fourth-order valence-corrected chi connectivity index (χ4v) is 5.24. The number of hydrogen-bond donors (Lipinski definition) is 1. The molecule has 6 aromatic rings. The molecule has 0 aliphatic carbocycles. The van der Waals surface area contributed by atoms with Gasteiger partial charge in [0.2, 0.25) is 0 Å². The molecule has 35 heavy (non-hydrogen) atoms. The van der Waals surface area contributed by atoms with Crippen LogP contribution in [0.3, 0.4) is 0 Å². The second-order valence-electron chi connectivity index (χ2n) is 10.2. The van der Waals surface area contributed by atoms with E-state index >= 15 is 0 Å². The maximum atomic E-state index is 10.4. The number of para-hydroxylation sites is 1. The smallest absolute Gasteiger partial charge is 0.313 e. The predicted octanol–water partition coefficient (Wildman–Crippen LogP) is 6.56. The molecule has 0 unspecified atom stereocenters. The van der Waals surface area contributed by atoms with Crippen LogP contribution in [0, 0.1) is 0 Å². The quantitative estimate of drug-likeness (QED) is 0.285. The fraction of sp³-hybridized carbons (Fsp3) is 0.207. The van der Waals surface area contributed by atoms with Crippen molar-refractivity contribution in [2.75, 3.05) is 0 Å². The Morgan fingerprint density at radius 2 is 1.69 bits per heavy atom. The minimum absolute atomic E-state index is 0.354. The largest absolute Gasteiger partial charge is 0.456 e. The van der Waals surface area contributed by atoms with E-state index in [1.54, 1.807) is 25.2 Å². The van der Waals surface area contributed by atoms with Crippen LogP contribution in [-0.4, -0.2) is 28.8 Å². The van der Waals surface area contributed by atoms with Crippen molar-refractivity contribution in [2.45, 2.75) is 38.9 Å². The Morgan fingerprint density at radius 1 is 0.886 bits per heavy atom. The normalized spacial score (nSPS) is 12.8. The molecule has 1 N–H and O–H groups in total. The first-order chi connectivity index (χ1) is 16.7. The summed E-state index contributed by atoms with van der Waals surface area (Å²) in [7, 11) is 0.354. The Labute approximate surface area is 208 Å². The van der Waals surface area contributed by atoms with Gasteiger partial charge in [-0.05, 0) is 56.1 Å². The van der Waals surface area contributed by atoms with Gasteiger partial charge in [0.15, 0.2) is 0 Å². The summed E-state index contributed by atoms with van der Waals surface area (Å²) in [5.74, 6) is 0. The SMILES string of the molecule is CC(C)(O)C(C)(C)OBc1cccc2c1oc1cc3sc(-c4ccc5ccccc5c4)nc3cc12. The molecule has 6 heteroatoms. The molecular weight excluding hydrogens is 453 g/mol. The van der Waals surface area contributed by atoms with Gasteiger partial charge in [-0.15, -0.1) is 11.3 Å². The average molecular weight is 479 g/mol. The minimum Gasteiger partial charge on any atom is -0.456 e. The van der Waals surface area contributed by atoms with E-state index in [2.05, 4.69) is 60.7 Å². The molecule has 2 heterocycles. The second-order valence-corrected chi connectivity index (χ2v) is 11.2. The van der Waals surface area contributed by atoms with Crippen molar-refractivity contribution in [3.8, 4) is 10.6 Å². The lowest BCUT2D eigenvalue weighted by Gasteiger charge is -2.37. The number of thiazole rings is 1. The van der Waals surface area contributed by atoms with Crippen LogP contribution in [-0.2, 0) is 4.65 Å². The van der Waals surface area contributed by atoms with Crippen molar-refractivity contribution in [1.82, 2.24) is 4.98 Å². The third kappa shape index (κ3) is 3.82. The lowest BCUT2D eigenvalue weighted by Crippen LogP contribution is -2.49. The van der Waals surface area contributed by atoms with Gasteiger partial charge in [0, 0.05) is 22.4 Å². The fourth-order valence-electron chi connectivity index (χ4n) is 4.27. The molecule has 4 nitrogen and oxygen atoms in total. The van der Waals surface area contributed by atoms with Gasteiger partial charge in [0.25, 0.3) is 0 Å². The van der Waals surface area contributed by atoms with Crippen molar-refractivity contribution >= 4 is 67.2 Å². The third-order valence-corrected chi connectivity index (χ3v) is 8.21. The third-order valence-electron chi connectivity index (χ3n) is 7.15. The van der Waals surface area contributed by atoms with Crippen LogP contribution in [0.1, 0.15) is 27.7 Å². The maximum absolute atomic E-state index is 10.4. The van der Waals surface area contributed by atoms with E-state index in [4.69, 9.17) is 14.1 Å². The summed E-state index contributed by atoms with van der Waals surface area (Å²) in [6, 6.07) is 25.2. The van der Waals surface area contributed by atoms with E-state index < -0.39 is 11.2 Å². The molecule has 0 spiro atoms. The van der Waals surface area contributed by atoms with E-state index in [1.807, 2.05) is 26.0 Å². The molecule has 174 valence electrons. The van der Waals surface area contributed by atoms with Crippen LogP contribution in [0.2, 0.25) is 0 Å². The van der Waals surface area contributed by atoms with Gasteiger partial charge in [0.05, 0.1) is 21.4 Å². The first-order valence-electron chi connectivity index (χ1n) is 11.8. The molecule has 0 bridgehead atoms. The zero-order valence-electron chi connectivity index (χ0n) is 20.3. The molecule has 2 aromatic heterocycles. The standard InChI is InChI=1S/C29H26BNO3S/c1-28(2,32)29(3,4)34-30-22-11-7-10-20-21-15-23-25(16-24(21)33-26(20)22)35-27(31-23)19-13-12-17-8-5-6-9-18(17)14-19/h5-16,30,32H,1-4H3. The summed E-state index contributed by atoms with van der Waals surface area (Å²) in [5.41, 5.74) is 3.06. The van der Waals surface area contributed by atoms with Crippen LogP contribution in [0.25, 0.3) is 53.5 Å². The highest BCUT2D eigenvalue weighted by molar-refractivity contribution is 7.21. The molecule has 0 saturated heterocycles. The maximum Gasteiger partial charge on any atom is 0.313 e. The number of benzene rings is 4. The highest BCUT2D eigenvalue weighted by Crippen LogP contribution is 2.37. The van der Waals surface area contributed by atoms with E-state index in [9.17, 15) is 5.11 Å². The Kier molecular flexibility index (Phi) is 5.04. The molecule has 0 amide bonds. The van der Waals surface area contributed by atoms with Gasteiger partial charge in [-0.2, -0.15) is 0 Å². The molecule has 0 atom stereocenters. The summed E-state index contributed by atoms with van der Waals surface area (Å²) in [5, 5.41) is 16.0. The topological polar surface area (TPSA) is 55.5 Å². The van der Waals surface area contributed by atoms with E-state index in [0.29, 0.717) is 7.48 Å². The van der Waals surface area contributed by atoms with Crippen molar-refractivity contribution in [3.63, 3.8) is 0 Å². The average Bonchev–Trinajstić information content (AvgIpc) is 3.41. The Balaban J connectivity index is 1.40. The molecule has 0 saturated carbocycles. The molecular formula is C29H26BNO3S. The number of hydrogen-bond acceptors (Lipinski definition) is 5. The summed E-state index contributed by atoms with van der Waals surface area (Å²) in [6.07, 6.45) is 0. The number of aliphatic hydroxyl groups is 1. The van der Waals surface area contributed by atoms with E-state index in [-0.39, 0.29) is 0 Å². The van der Waals surface area contributed by atoms with Gasteiger partial charge in [-0.1, -0.05) is 54.6 Å². The van der Waals surface area contributed by atoms with E-state index in [1.165, 1.54) is 10.8 Å². The Morgan fingerprint density at radius 3 is 2.49 bits per heavy atom. The molecule has 0 aliphatic heterocycles. The number of aromatic nitrogens is 1. The van der Waals surface area contributed by atoms with Gasteiger partial charge < -0.3 is 14.2 Å².